The zero-order valence-corrected chi connectivity index (χ0v) is 8.99. The average molecular weight is 197 g/mol. The standard InChI is InChI=1S/C11H19NO2/c1-9(6-11(13)14)7-12(2)8-10-4-3-5-10/h6,10H,3-5,7-8H2,1-2H3,(H,13,14). The van der Waals surface area contributed by atoms with Gasteiger partial charge in [0.15, 0.2) is 0 Å². The monoisotopic (exact) mass is 197 g/mol. The second kappa shape index (κ2) is 5.15. The molecule has 0 bridgehead atoms. The molecular weight excluding hydrogens is 178 g/mol. The molecule has 0 saturated heterocycles. The van der Waals surface area contributed by atoms with Gasteiger partial charge < -0.3 is 10.0 Å². The first kappa shape index (κ1) is 11.2. The predicted molar refractivity (Wildman–Crippen MR) is 56.2 cm³/mol. The molecule has 1 saturated carbocycles. The second-order valence-corrected chi connectivity index (χ2v) is 4.32. The van der Waals surface area contributed by atoms with Crippen molar-refractivity contribution >= 4 is 5.97 Å². The Hall–Kier alpha value is -0.830. The summed E-state index contributed by atoms with van der Waals surface area (Å²) in [5.41, 5.74) is 0.916. The van der Waals surface area contributed by atoms with E-state index in [1.54, 1.807) is 0 Å². The van der Waals surface area contributed by atoms with Gasteiger partial charge in [-0.1, -0.05) is 12.0 Å². The lowest BCUT2D eigenvalue weighted by Gasteiger charge is -2.30. The maximum absolute atomic E-state index is 10.4. The lowest BCUT2D eigenvalue weighted by atomic mass is 9.85. The SMILES string of the molecule is CC(=CC(=O)O)CN(C)CC1CCC1. The number of hydrogen-bond acceptors (Lipinski definition) is 2. The van der Waals surface area contributed by atoms with Crippen LogP contribution in [0.1, 0.15) is 26.2 Å². The topological polar surface area (TPSA) is 40.5 Å². The number of likely N-dealkylation sites (N-methyl/N-ethyl adjacent to an activating group) is 1. The lowest BCUT2D eigenvalue weighted by Crippen LogP contribution is -2.30. The molecule has 1 aliphatic carbocycles. The van der Waals surface area contributed by atoms with E-state index in [-0.39, 0.29) is 0 Å². The third-order valence-electron chi connectivity index (χ3n) is 2.68. The van der Waals surface area contributed by atoms with Crippen molar-refractivity contribution in [2.45, 2.75) is 26.2 Å². The number of carboxylic acids is 1. The summed E-state index contributed by atoms with van der Waals surface area (Å²) in [7, 11) is 2.05. The first-order valence-corrected chi connectivity index (χ1v) is 5.16. The smallest absolute Gasteiger partial charge is 0.328 e. The van der Waals surface area contributed by atoms with Crippen molar-refractivity contribution in [1.29, 1.82) is 0 Å². The minimum atomic E-state index is -0.848. The largest absolute Gasteiger partial charge is 0.478 e. The van der Waals surface area contributed by atoms with Crippen molar-refractivity contribution in [2.24, 2.45) is 5.92 Å². The maximum Gasteiger partial charge on any atom is 0.328 e. The Morgan fingerprint density at radius 1 is 1.57 bits per heavy atom. The quantitative estimate of drug-likeness (QED) is 0.683. The van der Waals surface area contributed by atoms with Crippen LogP contribution in [0, 0.1) is 5.92 Å². The van der Waals surface area contributed by atoms with Crippen LogP contribution in [0.25, 0.3) is 0 Å². The minimum Gasteiger partial charge on any atom is -0.478 e. The highest BCUT2D eigenvalue weighted by Gasteiger charge is 2.18. The van der Waals surface area contributed by atoms with Crippen molar-refractivity contribution < 1.29 is 9.90 Å². The number of nitrogens with zero attached hydrogens (tertiary/aromatic N) is 1. The van der Waals surface area contributed by atoms with Crippen molar-refractivity contribution in [3.63, 3.8) is 0 Å². The van der Waals surface area contributed by atoms with Crippen molar-refractivity contribution in [1.82, 2.24) is 4.90 Å². The van der Waals surface area contributed by atoms with E-state index < -0.39 is 5.97 Å². The highest BCUT2D eigenvalue weighted by atomic mass is 16.4. The van der Waals surface area contributed by atoms with Crippen LogP contribution in [-0.2, 0) is 4.79 Å². The van der Waals surface area contributed by atoms with Gasteiger partial charge in [0.25, 0.3) is 0 Å². The van der Waals surface area contributed by atoms with Crippen LogP contribution < -0.4 is 0 Å². The highest BCUT2D eigenvalue weighted by molar-refractivity contribution is 5.80. The van der Waals surface area contributed by atoms with Crippen LogP contribution >= 0.6 is 0 Å². The molecule has 3 heteroatoms. The number of aliphatic carboxylic acids is 1. The Labute approximate surface area is 85.4 Å². The van der Waals surface area contributed by atoms with Gasteiger partial charge in [-0.25, -0.2) is 4.79 Å². The second-order valence-electron chi connectivity index (χ2n) is 4.32. The Kier molecular flexibility index (Phi) is 4.14. The van der Waals surface area contributed by atoms with Crippen molar-refractivity contribution in [3.8, 4) is 0 Å². The summed E-state index contributed by atoms with van der Waals surface area (Å²) in [6, 6.07) is 0. The fraction of sp³-hybridized carbons (Fsp3) is 0.727. The van der Waals surface area contributed by atoms with Gasteiger partial charge in [-0.15, -0.1) is 0 Å². The first-order valence-electron chi connectivity index (χ1n) is 5.16. The number of rotatable bonds is 5. The molecule has 1 rings (SSSR count). The summed E-state index contributed by atoms with van der Waals surface area (Å²) in [5.74, 6) is -0.00262. The molecule has 0 aromatic rings. The molecule has 0 aromatic heterocycles. The van der Waals surface area contributed by atoms with Crippen LogP contribution in [0.5, 0.6) is 0 Å². The molecule has 0 amide bonds. The van der Waals surface area contributed by atoms with E-state index in [4.69, 9.17) is 5.11 Å². The third kappa shape index (κ3) is 3.92. The summed E-state index contributed by atoms with van der Waals surface area (Å²) in [6.45, 7) is 3.74. The minimum absolute atomic E-state index is 0.767. The first-order chi connectivity index (χ1) is 6.58. The molecule has 0 radical (unpaired) electrons. The van der Waals surface area contributed by atoms with E-state index in [0.717, 1.165) is 24.6 Å². The average Bonchev–Trinajstić information content (AvgIpc) is 1.94. The fourth-order valence-electron chi connectivity index (χ4n) is 1.86. The van der Waals surface area contributed by atoms with E-state index in [1.165, 1.54) is 25.3 Å². The molecule has 14 heavy (non-hydrogen) atoms. The molecule has 1 fully saturated rings. The van der Waals surface area contributed by atoms with E-state index >= 15 is 0 Å². The molecule has 0 atom stereocenters. The van der Waals surface area contributed by atoms with Crippen LogP contribution in [-0.4, -0.2) is 36.1 Å². The van der Waals surface area contributed by atoms with Gasteiger partial charge in [0.2, 0.25) is 0 Å². The fourth-order valence-corrected chi connectivity index (χ4v) is 1.86. The molecule has 1 aliphatic rings. The van der Waals surface area contributed by atoms with Gasteiger partial charge in [0.05, 0.1) is 0 Å². The van der Waals surface area contributed by atoms with Crippen LogP contribution in [0.2, 0.25) is 0 Å². The third-order valence-corrected chi connectivity index (χ3v) is 2.68. The van der Waals surface area contributed by atoms with Gasteiger partial charge in [0.1, 0.15) is 0 Å². The summed E-state index contributed by atoms with van der Waals surface area (Å²) in [4.78, 5) is 12.6. The zero-order valence-electron chi connectivity index (χ0n) is 8.99. The molecule has 0 spiro atoms. The molecule has 0 aromatic carbocycles. The number of carbonyl (C=O) groups is 1. The van der Waals surface area contributed by atoms with E-state index in [2.05, 4.69) is 11.9 Å². The summed E-state index contributed by atoms with van der Waals surface area (Å²) in [6.07, 6.45) is 5.33. The van der Waals surface area contributed by atoms with Crippen molar-refractivity contribution in [2.75, 3.05) is 20.1 Å². The maximum atomic E-state index is 10.4. The number of carboxylic acid groups (broad SMARTS) is 1. The van der Waals surface area contributed by atoms with E-state index in [1.807, 2.05) is 6.92 Å². The molecular formula is C11H19NO2. The summed E-state index contributed by atoms with van der Waals surface area (Å²) >= 11 is 0. The molecule has 3 nitrogen and oxygen atoms in total. The van der Waals surface area contributed by atoms with Gasteiger partial charge in [-0.3, -0.25) is 0 Å². The van der Waals surface area contributed by atoms with Gasteiger partial charge in [-0.2, -0.15) is 0 Å². The number of hydrogen-bond donors (Lipinski definition) is 1. The van der Waals surface area contributed by atoms with Gasteiger partial charge in [-0.05, 0) is 32.7 Å². The highest BCUT2D eigenvalue weighted by Crippen LogP contribution is 2.26. The summed E-state index contributed by atoms with van der Waals surface area (Å²) < 4.78 is 0. The Balaban J connectivity index is 2.24. The van der Waals surface area contributed by atoms with Crippen molar-refractivity contribution in [3.05, 3.63) is 11.6 Å². The Bertz CT molecular complexity index is 231. The molecule has 1 N–H and O–H groups in total. The van der Waals surface area contributed by atoms with Gasteiger partial charge >= 0.3 is 5.97 Å². The molecule has 0 heterocycles. The normalized spacial score (nSPS) is 18.4. The zero-order chi connectivity index (χ0) is 10.6. The van der Waals surface area contributed by atoms with E-state index in [0.29, 0.717) is 0 Å². The molecule has 0 aliphatic heterocycles. The predicted octanol–water partition coefficient (Wildman–Crippen LogP) is 1.75. The molecule has 0 unspecified atom stereocenters. The molecule has 80 valence electrons. The van der Waals surface area contributed by atoms with Crippen LogP contribution in [0.4, 0.5) is 0 Å². The Morgan fingerprint density at radius 3 is 2.64 bits per heavy atom. The Morgan fingerprint density at radius 2 is 2.21 bits per heavy atom. The van der Waals surface area contributed by atoms with E-state index in [9.17, 15) is 4.79 Å². The van der Waals surface area contributed by atoms with Gasteiger partial charge in [0, 0.05) is 19.2 Å². The van der Waals surface area contributed by atoms with Crippen LogP contribution in [0.3, 0.4) is 0 Å². The van der Waals surface area contributed by atoms with Crippen LogP contribution in [0.15, 0.2) is 11.6 Å². The lowest BCUT2D eigenvalue weighted by molar-refractivity contribution is -0.131. The summed E-state index contributed by atoms with van der Waals surface area (Å²) in [5, 5.41) is 8.54.